The number of hydrogen-bond donors (Lipinski definition) is 3. The van der Waals surface area contributed by atoms with Gasteiger partial charge in [-0.2, -0.15) is 0 Å². The lowest BCUT2D eigenvalue weighted by molar-refractivity contribution is 0.0751. The average molecular weight is 384 g/mol. The highest BCUT2D eigenvalue weighted by atomic mass is 19.1. The Morgan fingerprint density at radius 2 is 2.29 bits per heavy atom. The first kappa shape index (κ1) is 17.2. The van der Waals surface area contributed by atoms with Gasteiger partial charge in [0.15, 0.2) is 11.6 Å². The van der Waals surface area contributed by atoms with E-state index in [9.17, 15) is 4.79 Å². The molecule has 3 aromatic rings. The van der Waals surface area contributed by atoms with Gasteiger partial charge in [-0.15, -0.1) is 0 Å². The van der Waals surface area contributed by atoms with E-state index in [-0.39, 0.29) is 30.4 Å². The largest absolute Gasteiger partial charge is 0.380 e. The monoisotopic (exact) mass is 384 g/mol. The number of nitrogens with zero attached hydrogens (tertiary/aromatic N) is 3. The van der Waals surface area contributed by atoms with Crippen LogP contribution in [0.5, 0.6) is 0 Å². The summed E-state index contributed by atoms with van der Waals surface area (Å²) in [6.45, 7) is 1.13. The van der Waals surface area contributed by atoms with E-state index >= 15 is 4.39 Å². The number of aryl methyl sites for hydroxylation is 1. The number of nitrogens with one attached hydrogen (secondary N) is 2. The van der Waals surface area contributed by atoms with E-state index in [0.717, 1.165) is 11.2 Å². The second kappa shape index (κ2) is 6.32. The quantitative estimate of drug-likeness (QED) is 0.631. The maximum absolute atomic E-state index is 15.1. The molecule has 8 nitrogen and oxygen atoms in total. The number of ether oxygens (including phenoxy) is 1. The molecule has 1 fully saturated rings. The van der Waals surface area contributed by atoms with Gasteiger partial charge in [0.05, 0.1) is 17.9 Å². The van der Waals surface area contributed by atoms with Crippen LogP contribution in [-0.2, 0) is 18.3 Å². The summed E-state index contributed by atoms with van der Waals surface area (Å²) in [7, 11) is 1.94. The predicted octanol–water partition coefficient (Wildman–Crippen LogP) is 1.25. The molecule has 2 unspecified atom stereocenters. The van der Waals surface area contributed by atoms with Gasteiger partial charge in [-0.3, -0.25) is 4.79 Å². The van der Waals surface area contributed by atoms with Crippen molar-refractivity contribution in [1.82, 2.24) is 19.3 Å². The number of hydrogen-bond acceptors (Lipinski definition) is 5. The van der Waals surface area contributed by atoms with Crippen LogP contribution in [-0.4, -0.2) is 45.2 Å². The molecule has 5 rings (SSSR count). The molecular weight excluding hydrogens is 363 g/mol. The molecule has 1 amide bonds. The summed E-state index contributed by atoms with van der Waals surface area (Å²) in [5, 5.41) is 5.86. The number of fused-ring (bicyclic) bond motifs is 2. The number of amides is 1. The highest BCUT2D eigenvalue weighted by Gasteiger charge is 2.32. The van der Waals surface area contributed by atoms with Gasteiger partial charge in [-0.05, 0) is 12.5 Å². The lowest BCUT2D eigenvalue weighted by atomic mass is 10.0. The van der Waals surface area contributed by atoms with Crippen molar-refractivity contribution in [2.45, 2.75) is 25.0 Å². The number of halogens is 1. The maximum Gasteiger partial charge on any atom is 0.254 e. The maximum atomic E-state index is 15.1. The van der Waals surface area contributed by atoms with Crippen LogP contribution >= 0.6 is 0 Å². The Balaban J connectivity index is 1.63. The van der Waals surface area contributed by atoms with Crippen molar-refractivity contribution in [3.05, 3.63) is 41.6 Å². The normalized spacial score (nSPS) is 21.8. The molecule has 1 saturated heterocycles. The number of anilines is 1. The lowest BCUT2D eigenvalue weighted by Gasteiger charge is -2.30. The minimum atomic E-state index is -0.500. The van der Waals surface area contributed by atoms with E-state index in [1.54, 1.807) is 0 Å². The molecule has 3 aromatic heterocycles. The zero-order valence-corrected chi connectivity index (χ0v) is 15.4. The summed E-state index contributed by atoms with van der Waals surface area (Å²) >= 11 is 0. The number of carbonyl (C=O) groups is 1. The Bertz CT molecular complexity index is 1090. The third kappa shape index (κ3) is 2.58. The number of pyridine rings is 1. The third-order valence-corrected chi connectivity index (χ3v) is 5.52. The van der Waals surface area contributed by atoms with Crippen molar-refractivity contribution in [1.29, 1.82) is 0 Å². The Kier molecular flexibility index (Phi) is 3.88. The average Bonchev–Trinajstić information content (AvgIpc) is 3.36. The van der Waals surface area contributed by atoms with Crippen molar-refractivity contribution in [2.24, 2.45) is 12.8 Å². The zero-order valence-electron chi connectivity index (χ0n) is 15.4. The zero-order chi connectivity index (χ0) is 19.4. The van der Waals surface area contributed by atoms with E-state index < -0.39 is 5.82 Å². The number of aromatic nitrogens is 3. The molecule has 0 aromatic carbocycles. The Hall–Kier alpha value is -2.91. The second-order valence-electron chi connectivity index (χ2n) is 7.34. The molecule has 2 aliphatic rings. The number of nitrogens with two attached hydrogens (primary N) is 1. The summed E-state index contributed by atoms with van der Waals surface area (Å²) < 4.78 is 24.4. The first-order valence-electron chi connectivity index (χ1n) is 9.26. The van der Waals surface area contributed by atoms with E-state index in [4.69, 9.17) is 10.5 Å². The van der Waals surface area contributed by atoms with Crippen LogP contribution in [0, 0.1) is 5.82 Å². The Morgan fingerprint density at radius 1 is 1.43 bits per heavy atom. The van der Waals surface area contributed by atoms with Crippen molar-refractivity contribution in [2.75, 3.05) is 18.5 Å². The van der Waals surface area contributed by atoms with E-state index in [1.165, 1.54) is 0 Å². The molecule has 0 aliphatic carbocycles. The minimum absolute atomic E-state index is 0.128. The van der Waals surface area contributed by atoms with Crippen LogP contribution in [0.3, 0.4) is 0 Å². The fourth-order valence-corrected chi connectivity index (χ4v) is 3.95. The van der Waals surface area contributed by atoms with Crippen molar-refractivity contribution < 1.29 is 13.9 Å². The molecule has 5 heterocycles. The fourth-order valence-electron chi connectivity index (χ4n) is 3.95. The van der Waals surface area contributed by atoms with Gasteiger partial charge < -0.3 is 30.1 Å². The molecule has 0 saturated carbocycles. The molecule has 28 heavy (non-hydrogen) atoms. The number of carbonyl (C=O) groups excluding carboxylic acids is 1. The second-order valence-corrected chi connectivity index (χ2v) is 7.34. The molecule has 0 spiro atoms. The van der Waals surface area contributed by atoms with Gasteiger partial charge in [-0.1, -0.05) is 0 Å². The lowest BCUT2D eigenvalue weighted by Crippen LogP contribution is -2.48. The van der Waals surface area contributed by atoms with E-state index in [2.05, 4.69) is 15.6 Å². The number of rotatable bonds is 3. The Labute approximate surface area is 160 Å². The summed E-state index contributed by atoms with van der Waals surface area (Å²) in [6.07, 6.45) is 6.42. The number of imidazole rings is 1. The van der Waals surface area contributed by atoms with Gasteiger partial charge in [-0.25, -0.2) is 9.37 Å². The van der Waals surface area contributed by atoms with Gasteiger partial charge in [0.1, 0.15) is 5.65 Å². The summed E-state index contributed by atoms with van der Waals surface area (Å²) in [5.41, 5.74) is 8.93. The van der Waals surface area contributed by atoms with Crippen LogP contribution < -0.4 is 16.4 Å². The van der Waals surface area contributed by atoms with Crippen LogP contribution in [0.1, 0.15) is 22.3 Å². The van der Waals surface area contributed by atoms with Gasteiger partial charge in [0.2, 0.25) is 0 Å². The highest BCUT2D eigenvalue weighted by molar-refractivity contribution is 6.04. The Morgan fingerprint density at radius 3 is 3.07 bits per heavy atom. The summed E-state index contributed by atoms with van der Waals surface area (Å²) in [5.74, 6) is -0.677. The van der Waals surface area contributed by atoms with Gasteiger partial charge in [0.25, 0.3) is 5.91 Å². The molecule has 2 aliphatic heterocycles. The first-order valence-corrected chi connectivity index (χ1v) is 9.26. The molecule has 2 atom stereocenters. The van der Waals surface area contributed by atoms with Gasteiger partial charge >= 0.3 is 0 Å². The molecule has 0 radical (unpaired) electrons. The van der Waals surface area contributed by atoms with Crippen LogP contribution in [0.15, 0.2) is 24.7 Å². The minimum Gasteiger partial charge on any atom is -0.380 e. The van der Waals surface area contributed by atoms with Crippen molar-refractivity contribution in [3.8, 4) is 11.3 Å². The van der Waals surface area contributed by atoms with E-state index in [0.29, 0.717) is 36.5 Å². The summed E-state index contributed by atoms with van der Waals surface area (Å²) in [6, 6.07) is 1.55. The summed E-state index contributed by atoms with van der Waals surface area (Å²) in [4.78, 5) is 16.9. The molecule has 146 valence electrons. The SMILES string of the molecule is Cn1ccn2cc(-c3nc(NC4CCOCC4N)c(F)c4c3C(=O)NC4)cc12. The smallest absolute Gasteiger partial charge is 0.254 e. The topological polar surface area (TPSA) is 98.6 Å². The third-order valence-electron chi connectivity index (χ3n) is 5.52. The van der Waals surface area contributed by atoms with Gasteiger partial charge in [0, 0.05) is 62.0 Å². The molecular formula is C19H21FN6O2. The van der Waals surface area contributed by atoms with Crippen molar-refractivity contribution in [3.63, 3.8) is 0 Å². The van der Waals surface area contributed by atoms with Crippen LogP contribution in [0.25, 0.3) is 16.9 Å². The molecule has 4 N–H and O–H groups in total. The predicted molar refractivity (Wildman–Crippen MR) is 102 cm³/mol. The highest BCUT2D eigenvalue weighted by Crippen LogP contribution is 2.34. The molecule has 9 heteroatoms. The van der Waals surface area contributed by atoms with Crippen molar-refractivity contribution >= 4 is 17.4 Å². The fraction of sp³-hybridized carbons (Fsp3) is 0.368. The standard InChI is InChI=1S/C19H21FN6O2/c1-25-3-4-26-8-10(6-14(25)26)17-15-11(7-22-19(15)27)16(20)18(24-17)23-13-2-5-28-9-12(13)21/h3-4,6,8,12-13H,2,5,7,9,21H2,1H3,(H,22,27)(H,23,24). The first-order chi connectivity index (χ1) is 13.5. The van der Waals surface area contributed by atoms with Crippen LogP contribution in [0.2, 0.25) is 0 Å². The van der Waals surface area contributed by atoms with E-state index in [1.807, 2.05) is 40.7 Å². The van der Waals surface area contributed by atoms with Crippen LogP contribution in [0.4, 0.5) is 10.2 Å². The molecule has 0 bridgehead atoms.